The molecule has 3 rings (SSSR count). The number of carboxylic acids is 1. The molecule has 1 aromatic heterocycles. The van der Waals surface area contributed by atoms with Crippen LogP contribution in [0.4, 0.5) is 0 Å². The van der Waals surface area contributed by atoms with Crippen molar-refractivity contribution in [1.29, 1.82) is 0 Å². The maximum absolute atomic E-state index is 11.1. The number of imidazole rings is 1. The Hall–Kier alpha value is -1.32. The lowest BCUT2D eigenvalue weighted by molar-refractivity contribution is -0.142. The molecule has 104 valence electrons. The molecule has 0 aromatic carbocycles. The average molecular weight is 262 g/mol. The lowest BCUT2D eigenvalue weighted by Crippen LogP contribution is -2.22. The maximum atomic E-state index is 11.1. The van der Waals surface area contributed by atoms with E-state index in [0.717, 1.165) is 30.1 Å². The molecule has 2 N–H and O–H groups in total. The molecule has 1 unspecified atom stereocenters. The van der Waals surface area contributed by atoms with E-state index in [-0.39, 0.29) is 5.92 Å². The minimum absolute atomic E-state index is 0.227. The molecule has 1 fully saturated rings. The summed E-state index contributed by atoms with van der Waals surface area (Å²) in [6.45, 7) is 0. The number of aryl methyl sites for hydroxylation is 1. The number of hydrogen-bond acceptors (Lipinski definition) is 2. The predicted molar refractivity (Wildman–Crippen MR) is 72.2 cm³/mol. The topological polar surface area (TPSA) is 66.0 Å². The summed E-state index contributed by atoms with van der Waals surface area (Å²) in [7, 11) is 0. The largest absolute Gasteiger partial charge is 0.481 e. The summed E-state index contributed by atoms with van der Waals surface area (Å²) in [5.41, 5.74) is 2.20. The Morgan fingerprint density at radius 3 is 2.58 bits per heavy atom. The number of fused-ring (bicyclic) bond motifs is 1. The third-order valence-corrected chi connectivity index (χ3v) is 4.65. The maximum Gasteiger partial charge on any atom is 0.306 e. The van der Waals surface area contributed by atoms with E-state index >= 15 is 0 Å². The quantitative estimate of drug-likeness (QED) is 0.805. The Bertz CT molecular complexity index is 459. The van der Waals surface area contributed by atoms with Crippen LogP contribution in [0.25, 0.3) is 0 Å². The van der Waals surface area contributed by atoms with Gasteiger partial charge in [-0.3, -0.25) is 4.79 Å². The molecule has 2 aliphatic carbocycles. The highest BCUT2D eigenvalue weighted by Crippen LogP contribution is 2.32. The summed E-state index contributed by atoms with van der Waals surface area (Å²) in [6, 6.07) is 0. The van der Waals surface area contributed by atoms with Crippen molar-refractivity contribution in [3.05, 3.63) is 17.2 Å². The van der Waals surface area contributed by atoms with Gasteiger partial charge in [0.05, 0.1) is 11.6 Å². The standard InChI is InChI=1S/C15H22N2O2/c18-15(19)11-7-8-12-13(9-11)17-14(16-12)10-5-3-1-2-4-6-10/h10-11H,1-9H2,(H,16,17)(H,18,19). The first-order valence-corrected chi connectivity index (χ1v) is 7.54. The van der Waals surface area contributed by atoms with Crippen LogP contribution in [0, 0.1) is 5.92 Å². The molecule has 4 nitrogen and oxygen atoms in total. The lowest BCUT2D eigenvalue weighted by Gasteiger charge is -2.16. The van der Waals surface area contributed by atoms with E-state index in [1.165, 1.54) is 38.5 Å². The zero-order valence-corrected chi connectivity index (χ0v) is 11.3. The van der Waals surface area contributed by atoms with Crippen LogP contribution in [0.2, 0.25) is 0 Å². The fourth-order valence-electron chi connectivity index (χ4n) is 3.46. The number of hydrogen-bond donors (Lipinski definition) is 2. The summed E-state index contributed by atoms with van der Waals surface area (Å²) in [5, 5.41) is 9.12. The van der Waals surface area contributed by atoms with Gasteiger partial charge in [0.15, 0.2) is 0 Å². The van der Waals surface area contributed by atoms with Crippen LogP contribution in [0.15, 0.2) is 0 Å². The molecule has 2 aliphatic rings. The van der Waals surface area contributed by atoms with Crippen LogP contribution in [0.5, 0.6) is 0 Å². The van der Waals surface area contributed by atoms with Crippen molar-refractivity contribution in [2.75, 3.05) is 0 Å². The van der Waals surface area contributed by atoms with E-state index in [9.17, 15) is 4.79 Å². The monoisotopic (exact) mass is 262 g/mol. The van der Waals surface area contributed by atoms with Gasteiger partial charge in [0.25, 0.3) is 0 Å². The zero-order chi connectivity index (χ0) is 13.2. The third-order valence-electron chi connectivity index (χ3n) is 4.65. The molecule has 1 saturated carbocycles. The Kier molecular flexibility index (Phi) is 3.58. The Morgan fingerprint density at radius 2 is 1.89 bits per heavy atom. The summed E-state index contributed by atoms with van der Waals surface area (Å²) >= 11 is 0. The summed E-state index contributed by atoms with van der Waals surface area (Å²) < 4.78 is 0. The number of carbonyl (C=O) groups is 1. The number of H-pyrrole nitrogens is 1. The molecule has 19 heavy (non-hydrogen) atoms. The van der Waals surface area contributed by atoms with Crippen LogP contribution in [-0.4, -0.2) is 21.0 Å². The normalized spacial score (nSPS) is 24.7. The van der Waals surface area contributed by atoms with Gasteiger partial charge in [-0.05, 0) is 25.7 Å². The summed E-state index contributed by atoms with van der Waals surface area (Å²) in [5.74, 6) is 0.792. The van der Waals surface area contributed by atoms with Crippen LogP contribution < -0.4 is 0 Å². The number of aliphatic carboxylic acids is 1. The lowest BCUT2D eigenvalue weighted by atomic mass is 9.90. The van der Waals surface area contributed by atoms with Gasteiger partial charge in [-0.1, -0.05) is 25.7 Å². The van der Waals surface area contributed by atoms with Crippen LogP contribution >= 0.6 is 0 Å². The van der Waals surface area contributed by atoms with Gasteiger partial charge < -0.3 is 10.1 Å². The number of nitrogens with zero attached hydrogens (tertiary/aromatic N) is 1. The Labute approximate surface area is 113 Å². The van der Waals surface area contributed by atoms with Gasteiger partial charge in [0.2, 0.25) is 0 Å². The summed E-state index contributed by atoms with van der Waals surface area (Å²) in [4.78, 5) is 19.3. The molecular weight excluding hydrogens is 240 g/mol. The number of nitrogens with one attached hydrogen (secondary N) is 1. The predicted octanol–water partition coefficient (Wildman–Crippen LogP) is 3.04. The smallest absolute Gasteiger partial charge is 0.306 e. The molecule has 0 amide bonds. The van der Waals surface area contributed by atoms with Crippen molar-refractivity contribution >= 4 is 5.97 Å². The van der Waals surface area contributed by atoms with Gasteiger partial charge in [0, 0.05) is 18.0 Å². The highest BCUT2D eigenvalue weighted by atomic mass is 16.4. The SMILES string of the molecule is O=C(O)C1CCc2nc(C3CCCCCC3)[nH]c2C1. The van der Waals surface area contributed by atoms with Gasteiger partial charge in [-0.25, -0.2) is 4.98 Å². The van der Waals surface area contributed by atoms with E-state index in [2.05, 4.69) is 4.98 Å². The minimum Gasteiger partial charge on any atom is -0.481 e. The average Bonchev–Trinajstić information content (AvgIpc) is 2.64. The van der Waals surface area contributed by atoms with Gasteiger partial charge >= 0.3 is 5.97 Å². The Balaban J connectivity index is 1.76. The molecule has 0 radical (unpaired) electrons. The highest BCUT2D eigenvalue weighted by molar-refractivity contribution is 5.70. The second kappa shape index (κ2) is 5.35. The van der Waals surface area contributed by atoms with Crippen LogP contribution in [0.1, 0.15) is 68.1 Å². The fraction of sp³-hybridized carbons (Fsp3) is 0.733. The van der Waals surface area contributed by atoms with Gasteiger partial charge in [-0.2, -0.15) is 0 Å². The molecule has 4 heteroatoms. The van der Waals surface area contributed by atoms with Crippen molar-refractivity contribution in [3.8, 4) is 0 Å². The molecule has 1 aromatic rings. The first kappa shape index (κ1) is 12.7. The molecule has 0 spiro atoms. The third kappa shape index (κ3) is 2.67. The zero-order valence-electron chi connectivity index (χ0n) is 11.3. The number of carboxylic acid groups (broad SMARTS) is 1. The minimum atomic E-state index is -0.670. The van der Waals surface area contributed by atoms with E-state index in [4.69, 9.17) is 10.1 Å². The van der Waals surface area contributed by atoms with E-state index in [0.29, 0.717) is 12.3 Å². The second-order valence-corrected chi connectivity index (χ2v) is 6.01. The van der Waals surface area contributed by atoms with Crippen molar-refractivity contribution < 1.29 is 9.90 Å². The Morgan fingerprint density at radius 1 is 1.16 bits per heavy atom. The van der Waals surface area contributed by atoms with Crippen LogP contribution in [-0.2, 0) is 17.6 Å². The first-order chi connectivity index (χ1) is 9.24. The van der Waals surface area contributed by atoms with Gasteiger partial charge in [0.1, 0.15) is 5.82 Å². The molecule has 0 saturated heterocycles. The first-order valence-electron chi connectivity index (χ1n) is 7.54. The summed E-state index contributed by atoms with van der Waals surface area (Å²) in [6.07, 6.45) is 9.93. The van der Waals surface area contributed by atoms with Crippen LogP contribution in [0.3, 0.4) is 0 Å². The van der Waals surface area contributed by atoms with Crippen molar-refractivity contribution in [3.63, 3.8) is 0 Å². The highest BCUT2D eigenvalue weighted by Gasteiger charge is 2.28. The van der Waals surface area contributed by atoms with E-state index < -0.39 is 5.97 Å². The number of rotatable bonds is 2. The molecule has 1 atom stereocenters. The second-order valence-electron chi connectivity index (χ2n) is 6.01. The molecule has 0 aliphatic heterocycles. The van der Waals surface area contributed by atoms with Crippen molar-refractivity contribution in [2.24, 2.45) is 5.92 Å². The number of aromatic amines is 1. The molecule has 0 bridgehead atoms. The molecular formula is C15H22N2O2. The fourth-order valence-corrected chi connectivity index (χ4v) is 3.46. The van der Waals surface area contributed by atoms with E-state index in [1.807, 2.05) is 0 Å². The van der Waals surface area contributed by atoms with Crippen molar-refractivity contribution in [1.82, 2.24) is 9.97 Å². The molecule has 1 heterocycles. The van der Waals surface area contributed by atoms with Crippen molar-refractivity contribution in [2.45, 2.75) is 63.7 Å². The number of aromatic nitrogens is 2. The van der Waals surface area contributed by atoms with E-state index in [1.54, 1.807) is 0 Å². The van der Waals surface area contributed by atoms with Gasteiger partial charge in [-0.15, -0.1) is 0 Å².